The van der Waals surface area contributed by atoms with E-state index in [1.54, 1.807) is 7.11 Å². The highest BCUT2D eigenvalue weighted by molar-refractivity contribution is 5.79. The van der Waals surface area contributed by atoms with Crippen LogP contribution in [0.3, 0.4) is 0 Å². The minimum Gasteiger partial charge on any atom is -0.493 e. The predicted octanol–water partition coefficient (Wildman–Crippen LogP) is 2.88. The van der Waals surface area contributed by atoms with Gasteiger partial charge < -0.3 is 20.1 Å². The zero-order chi connectivity index (χ0) is 17.2. The Balaban J connectivity index is 1.95. The molecule has 0 unspecified atom stereocenters. The second-order valence-corrected chi connectivity index (χ2v) is 6.33. The minimum absolute atomic E-state index is 0.611. The van der Waals surface area contributed by atoms with Gasteiger partial charge in [-0.3, -0.25) is 0 Å². The number of nitrogens with one attached hydrogen (secondary N) is 2. The van der Waals surface area contributed by atoms with Crippen LogP contribution < -0.4 is 15.4 Å². The van der Waals surface area contributed by atoms with Crippen molar-refractivity contribution >= 4 is 5.96 Å². The molecular weight excluding hydrogens is 302 g/mol. The number of nitrogens with zero attached hydrogens (tertiary/aromatic N) is 1. The molecule has 0 spiro atoms. The highest BCUT2D eigenvalue weighted by Gasteiger charge is 2.21. The van der Waals surface area contributed by atoms with Crippen molar-refractivity contribution in [1.29, 1.82) is 0 Å². The molecule has 0 amide bonds. The minimum atomic E-state index is 0.611. The summed E-state index contributed by atoms with van der Waals surface area (Å²) in [5.41, 5.74) is 2.31. The van der Waals surface area contributed by atoms with E-state index in [4.69, 9.17) is 14.5 Å². The maximum atomic E-state index is 5.93. The Hall–Kier alpha value is -1.75. The second kappa shape index (κ2) is 10.2. The van der Waals surface area contributed by atoms with Crippen LogP contribution in [0.15, 0.2) is 23.2 Å². The van der Waals surface area contributed by atoms with Crippen LogP contribution in [0.5, 0.6) is 5.75 Å². The van der Waals surface area contributed by atoms with E-state index in [-0.39, 0.29) is 0 Å². The van der Waals surface area contributed by atoms with Crippen LogP contribution in [-0.2, 0) is 11.3 Å². The fourth-order valence-electron chi connectivity index (χ4n) is 2.38. The molecule has 0 saturated heterocycles. The summed E-state index contributed by atoms with van der Waals surface area (Å²) in [5.74, 6) is 2.64. The molecule has 1 aliphatic rings. The third-order valence-electron chi connectivity index (χ3n) is 3.98. The number of aryl methyl sites for hydroxylation is 1. The van der Waals surface area contributed by atoms with Crippen LogP contribution in [0.2, 0.25) is 0 Å². The molecule has 24 heavy (non-hydrogen) atoms. The van der Waals surface area contributed by atoms with Gasteiger partial charge in [0, 0.05) is 38.8 Å². The van der Waals surface area contributed by atoms with Gasteiger partial charge >= 0.3 is 0 Å². The second-order valence-electron chi connectivity index (χ2n) is 6.33. The van der Waals surface area contributed by atoms with Crippen molar-refractivity contribution in [2.24, 2.45) is 10.9 Å². The molecule has 0 aromatic heterocycles. The molecule has 0 atom stereocenters. The van der Waals surface area contributed by atoms with Gasteiger partial charge in [0.2, 0.25) is 0 Å². The van der Waals surface area contributed by atoms with Gasteiger partial charge in [0.1, 0.15) is 5.75 Å². The van der Waals surface area contributed by atoms with Crippen LogP contribution in [-0.4, -0.2) is 39.4 Å². The molecule has 1 aromatic carbocycles. The van der Waals surface area contributed by atoms with Crippen LogP contribution in [0.25, 0.3) is 0 Å². The molecule has 1 fully saturated rings. The maximum Gasteiger partial charge on any atom is 0.191 e. The van der Waals surface area contributed by atoms with E-state index in [0.29, 0.717) is 13.2 Å². The number of rotatable bonds is 10. The summed E-state index contributed by atoms with van der Waals surface area (Å²) >= 11 is 0. The van der Waals surface area contributed by atoms with Crippen molar-refractivity contribution in [3.63, 3.8) is 0 Å². The van der Waals surface area contributed by atoms with Gasteiger partial charge in [-0.05, 0) is 44.2 Å². The van der Waals surface area contributed by atoms with Gasteiger partial charge in [0.05, 0.1) is 13.2 Å². The lowest BCUT2D eigenvalue weighted by atomic mass is 10.1. The van der Waals surface area contributed by atoms with Gasteiger partial charge in [-0.15, -0.1) is 0 Å². The first-order valence-electron chi connectivity index (χ1n) is 8.96. The lowest BCUT2D eigenvalue weighted by Gasteiger charge is -2.13. The van der Waals surface area contributed by atoms with E-state index in [0.717, 1.165) is 49.3 Å². The molecule has 0 radical (unpaired) electrons. The van der Waals surface area contributed by atoms with E-state index >= 15 is 0 Å². The Morgan fingerprint density at radius 3 is 2.79 bits per heavy atom. The smallest absolute Gasteiger partial charge is 0.191 e. The van der Waals surface area contributed by atoms with Crippen molar-refractivity contribution in [1.82, 2.24) is 10.6 Å². The van der Waals surface area contributed by atoms with Crippen molar-refractivity contribution in [2.45, 2.75) is 39.7 Å². The van der Waals surface area contributed by atoms with Gasteiger partial charge in [0.25, 0.3) is 0 Å². The summed E-state index contributed by atoms with van der Waals surface area (Å²) in [6.45, 7) is 8.04. The van der Waals surface area contributed by atoms with Crippen LogP contribution in [0, 0.1) is 12.8 Å². The molecule has 2 rings (SSSR count). The van der Waals surface area contributed by atoms with Gasteiger partial charge in [-0.25, -0.2) is 4.99 Å². The van der Waals surface area contributed by atoms with Gasteiger partial charge in [-0.2, -0.15) is 0 Å². The lowest BCUT2D eigenvalue weighted by molar-refractivity contribution is 0.172. The first kappa shape index (κ1) is 18.6. The molecule has 134 valence electrons. The van der Waals surface area contributed by atoms with E-state index < -0.39 is 0 Å². The summed E-state index contributed by atoms with van der Waals surface area (Å²) < 4.78 is 11.0. The highest BCUT2D eigenvalue weighted by Crippen LogP contribution is 2.27. The lowest BCUT2D eigenvalue weighted by Crippen LogP contribution is -2.38. The number of benzene rings is 1. The summed E-state index contributed by atoms with van der Waals surface area (Å²) in [7, 11) is 1.71. The molecule has 1 aromatic rings. The third-order valence-corrected chi connectivity index (χ3v) is 3.98. The molecule has 0 aliphatic heterocycles. The number of ether oxygens (including phenoxy) is 2. The standard InChI is InChI=1S/C19H31N3O2/c1-4-20-19(21-13-16-7-8-16)22-14-17-9-6-15(2)12-18(17)24-11-5-10-23-3/h6,9,12,16H,4-5,7-8,10-11,13-14H2,1-3H3,(H2,20,21,22). The number of hydrogen-bond acceptors (Lipinski definition) is 3. The fourth-order valence-corrected chi connectivity index (χ4v) is 2.38. The number of guanidine groups is 1. The Kier molecular flexibility index (Phi) is 7.89. The average molecular weight is 333 g/mol. The van der Waals surface area contributed by atoms with Crippen molar-refractivity contribution in [3.05, 3.63) is 29.3 Å². The molecule has 5 nitrogen and oxygen atoms in total. The Labute approximate surface area is 145 Å². The van der Waals surface area contributed by atoms with E-state index in [1.165, 1.54) is 18.4 Å². The van der Waals surface area contributed by atoms with E-state index in [2.05, 4.69) is 42.7 Å². The molecule has 1 aliphatic carbocycles. The molecular formula is C19H31N3O2. The molecule has 2 N–H and O–H groups in total. The van der Waals surface area contributed by atoms with E-state index in [9.17, 15) is 0 Å². The van der Waals surface area contributed by atoms with Crippen LogP contribution >= 0.6 is 0 Å². The van der Waals surface area contributed by atoms with Gasteiger partial charge in [-0.1, -0.05) is 12.1 Å². The fraction of sp³-hybridized carbons (Fsp3) is 0.632. The normalized spacial score (nSPS) is 14.5. The van der Waals surface area contributed by atoms with Crippen LogP contribution in [0.1, 0.15) is 37.3 Å². The monoisotopic (exact) mass is 333 g/mol. The molecule has 5 heteroatoms. The number of aliphatic imine (C=N–C) groups is 1. The average Bonchev–Trinajstić information content (AvgIpc) is 3.40. The molecule has 0 heterocycles. The zero-order valence-corrected chi connectivity index (χ0v) is 15.2. The van der Waals surface area contributed by atoms with Crippen molar-refractivity contribution < 1.29 is 9.47 Å². The summed E-state index contributed by atoms with van der Waals surface area (Å²) in [6, 6.07) is 6.30. The largest absolute Gasteiger partial charge is 0.493 e. The highest BCUT2D eigenvalue weighted by atomic mass is 16.5. The van der Waals surface area contributed by atoms with Gasteiger partial charge in [0.15, 0.2) is 5.96 Å². The maximum absolute atomic E-state index is 5.93. The Morgan fingerprint density at radius 2 is 2.08 bits per heavy atom. The summed E-state index contributed by atoms with van der Waals surface area (Å²) in [6.07, 6.45) is 3.56. The quantitative estimate of drug-likeness (QED) is 0.393. The Morgan fingerprint density at radius 1 is 1.25 bits per heavy atom. The SMILES string of the molecule is CCNC(=NCc1ccc(C)cc1OCCCOC)NCC1CC1. The molecule has 0 bridgehead atoms. The van der Waals surface area contributed by atoms with Crippen molar-refractivity contribution in [3.8, 4) is 5.75 Å². The first-order valence-corrected chi connectivity index (χ1v) is 8.96. The topological polar surface area (TPSA) is 54.9 Å². The summed E-state index contributed by atoms with van der Waals surface area (Å²) in [4.78, 5) is 4.71. The van der Waals surface area contributed by atoms with Crippen LogP contribution in [0.4, 0.5) is 0 Å². The first-order chi connectivity index (χ1) is 11.7. The molecule has 1 saturated carbocycles. The number of hydrogen-bond donors (Lipinski definition) is 2. The van der Waals surface area contributed by atoms with Crippen molar-refractivity contribution in [2.75, 3.05) is 33.4 Å². The third kappa shape index (κ3) is 6.79. The number of methoxy groups -OCH3 is 1. The zero-order valence-electron chi connectivity index (χ0n) is 15.2. The summed E-state index contributed by atoms with van der Waals surface area (Å²) in [5, 5.41) is 6.73. The predicted molar refractivity (Wildman–Crippen MR) is 98.7 cm³/mol. The Bertz CT molecular complexity index is 527. The van der Waals surface area contributed by atoms with E-state index in [1.807, 2.05) is 0 Å².